The zero-order chi connectivity index (χ0) is 16.9. The monoisotopic (exact) mass is 345 g/mol. The van der Waals surface area contributed by atoms with Crippen molar-refractivity contribution in [2.75, 3.05) is 18.5 Å². The topological polar surface area (TPSA) is 64.1 Å². The fraction of sp³-hybridized carbons (Fsp3) is 0.235. The van der Waals surface area contributed by atoms with Crippen molar-refractivity contribution < 1.29 is 13.9 Å². The molecule has 2 heterocycles. The number of anilines is 1. The molecular weight excluding hydrogens is 329 g/mol. The number of carbonyl (C=O) groups excluding carboxylic acids is 1. The highest BCUT2D eigenvalue weighted by Gasteiger charge is 2.17. The van der Waals surface area contributed by atoms with E-state index in [-0.39, 0.29) is 11.8 Å². The Hall–Kier alpha value is -2.54. The van der Waals surface area contributed by atoms with Gasteiger partial charge in [0, 0.05) is 11.9 Å². The highest BCUT2D eigenvalue weighted by atomic mass is 32.1. The lowest BCUT2D eigenvalue weighted by Crippen LogP contribution is -2.09. The Kier molecular flexibility index (Phi) is 5.00. The number of hydrogen-bond donors (Lipinski definition) is 1. The minimum Gasteiger partial charge on any atom is -0.462 e. The molecule has 0 bridgehead atoms. The van der Waals surface area contributed by atoms with E-state index < -0.39 is 0 Å². The Morgan fingerprint density at radius 1 is 1.29 bits per heavy atom. The Morgan fingerprint density at radius 2 is 2.08 bits per heavy atom. The smallest absolute Gasteiger partial charge is 0.339 e. The standard InChI is InChI=1S/C17H16FN3O2S/c1-2-23-17(22)13-9-24-16-14(13)15(20-10-21-16)19-8-7-11-3-5-12(18)6-4-11/h3-6,9-10H,2,7-8H2,1H3,(H,19,20,21). The van der Waals surface area contributed by atoms with E-state index in [0.717, 1.165) is 10.4 Å². The number of benzene rings is 1. The first-order valence-corrected chi connectivity index (χ1v) is 8.44. The van der Waals surface area contributed by atoms with Crippen molar-refractivity contribution in [3.8, 4) is 0 Å². The third-order valence-electron chi connectivity index (χ3n) is 3.48. The van der Waals surface area contributed by atoms with Gasteiger partial charge in [-0.1, -0.05) is 12.1 Å². The van der Waals surface area contributed by atoms with E-state index in [1.165, 1.54) is 29.8 Å². The predicted molar refractivity (Wildman–Crippen MR) is 92.0 cm³/mol. The number of thiophene rings is 1. The molecule has 0 fully saturated rings. The van der Waals surface area contributed by atoms with Gasteiger partial charge in [-0.25, -0.2) is 19.2 Å². The molecule has 124 valence electrons. The summed E-state index contributed by atoms with van der Waals surface area (Å²) in [6, 6.07) is 6.38. The zero-order valence-electron chi connectivity index (χ0n) is 13.1. The van der Waals surface area contributed by atoms with Gasteiger partial charge in [-0.3, -0.25) is 0 Å². The van der Waals surface area contributed by atoms with Crippen LogP contribution in [0.4, 0.5) is 10.2 Å². The zero-order valence-corrected chi connectivity index (χ0v) is 13.9. The van der Waals surface area contributed by atoms with E-state index in [2.05, 4.69) is 15.3 Å². The molecule has 0 unspecified atom stereocenters. The fourth-order valence-corrected chi connectivity index (χ4v) is 3.22. The maximum atomic E-state index is 12.9. The molecule has 1 N–H and O–H groups in total. The van der Waals surface area contributed by atoms with Gasteiger partial charge in [0.2, 0.25) is 0 Å². The molecule has 0 radical (unpaired) electrons. The number of rotatable bonds is 6. The van der Waals surface area contributed by atoms with Crippen molar-refractivity contribution in [1.82, 2.24) is 9.97 Å². The number of ether oxygens (including phenoxy) is 1. The Morgan fingerprint density at radius 3 is 2.83 bits per heavy atom. The largest absolute Gasteiger partial charge is 0.462 e. The van der Waals surface area contributed by atoms with Crippen LogP contribution in [0.25, 0.3) is 10.2 Å². The van der Waals surface area contributed by atoms with Crippen LogP contribution in [0.1, 0.15) is 22.8 Å². The van der Waals surface area contributed by atoms with Gasteiger partial charge in [-0.05, 0) is 31.0 Å². The Balaban J connectivity index is 1.77. The highest BCUT2D eigenvalue weighted by molar-refractivity contribution is 7.17. The first-order valence-electron chi connectivity index (χ1n) is 7.56. The molecule has 7 heteroatoms. The summed E-state index contributed by atoms with van der Waals surface area (Å²) in [5, 5.41) is 5.65. The molecule has 0 atom stereocenters. The number of carbonyl (C=O) groups is 1. The minimum atomic E-state index is -0.375. The quantitative estimate of drug-likeness (QED) is 0.691. The number of aromatic nitrogens is 2. The van der Waals surface area contributed by atoms with Crippen molar-refractivity contribution in [1.29, 1.82) is 0 Å². The van der Waals surface area contributed by atoms with Crippen LogP contribution in [0.3, 0.4) is 0 Å². The molecule has 5 nitrogen and oxygen atoms in total. The first kappa shape index (κ1) is 16.3. The second-order valence-corrected chi connectivity index (χ2v) is 5.93. The predicted octanol–water partition coefficient (Wildman–Crippen LogP) is 3.66. The molecule has 1 aromatic carbocycles. The molecule has 0 amide bonds. The molecule has 2 aromatic heterocycles. The average Bonchev–Trinajstić information content (AvgIpc) is 3.02. The summed E-state index contributed by atoms with van der Waals surface area (Å²) in [5.74, 6) is -0.0203. The summed E-state index contributed by atoms with van der Waals surface area (Å²) in [6.07, 6.45) is 2.18. The van der Waals surface area contributed by atoms with Gasteiger partial charge in [0.15, 0.2) is 0 Å². The average molecular weight is 345 g/mol. The number of hydrogen-bond acceptors (Lipinski definition) is 6. The van der Waals surface area contributed by atoms with Crippen LogP contribution in [-0.4, -0.2) is 29.1 Å². The number of esters is 1. The summed E-state index contributed by atoms with van der Waals surface area (Å²) >= 11 is 1.38. The summed E-state index contributed by atoms with van der Waals surface area (Å²) in [6.45, 7) is 2.69. The highest BCUT2D eigenvalue weighted by Crippen LogP contribution is 2.29. The molecular formula is C17H16FN3O2S. The van der Waals surface area contributed by atoms with E-state index in [1.807, 2.05) is 0 Å². The minimum absolute atomic E-state index is 0.249. The second kappa shape index (κ2) is 7.35. The molecule has 0 aliphatic carbocycles. The number of nitrogens with zero attached hydrogens (tertiary/aromatic N) is 2. The Labute approximate surface area is 142 Å². The first-order chi connectivity index (χ1) is 11.7. The molecule has 0 spiro atoms. The molecule has 24 heavy (non-hydrogen) atoms. The molecule has 3 aromatic rings. The van der Waals surface area contributed by atoms with Crippen LogP contribution < -0.4 is 5.32 Å². The lowest BCUT2D eigenvalue weighted by atomic mass is 10.1. The van der Waals surface area contributed by atoms with Gasteiger partial charge >= 0.3 is 5.97 Å². The van der Waals surface area contributed by atoms with Crippen LogP contribution in [-0.2, 0) is 11.2 Å². The van der Waals surface area contributed by atoms with Gasteiger partial charge < -0.3 is 10.1 Å². The lowest BCUT2D eigenvalue weighted by Gasteiger charge is -2.08. The third kappa shape index (κ3) is 3.51. The lowest BCUT2D eigenvalue weighted by molar-refractivity contribution is 0.0529. The van der Waals surface area contributed by atoms with E-state index in [1.54, 1.807) is 24.4 Å². The van der Waals surface area contributed by atoms with Crippen LogP contribution in [0.2, 0.25) is 0 Å². The second-order valence-electron chi connectivity index (χ2n) is 5.08. The number of fused-ring (bicyclic) bond motifs is 1. The maximum Gasteiger partial charge on any atom is 0.339 e. The van der Waals surface area contributed by atoms with E-state index in [9.17, 15) is 9.18 Å². The van der Waals surface area contributed by atoms with Crippen molar-refractivity contribution in [2.45, 2.75) is 13.3 Å². The van der Waals surface area contributed by atoms with Gasteiger partial charge in [-0.15, -0.1) is 11.3 Å². The van der Waals surface area contributed by atoms with Gasteiger partial charge in [0.1, 0.15) is 22.8 Å². The summed E-state index contributed by atoms with van der Waals surface area (Å²) in [5.41, 5.74) is 1.49. The molecule has 0 saturated carbocycles. The van der Waals surface area contributed by atoms with E-state index in [0.29, 0.717) is 36.3 Å². The summed E-state index contributed by atoms with van der Waals surface area (Å²) < 4.78 is 18.0. The van der Waals surface area contributed by atoms with Crippen molar-refractivity contribution in [3.63, 3.8) is 0 Å². The van der Waals surface area contributed by atoms with Gasteiger partial charge in [-0.2, -0.15) is 0 Å². The van der Waals surface area contributed by atoms with Crippen molar-refractivity contribution in [2.24, 2.45) is 0 Å². The van der Waals surface area contributed by atoms with Crippen LogP contribution in [0.5, 0.6) is 0 Å². The SMILES string of the molecule is CCOC(=O)c1csc2ncnc(NCCc3ccc(F)cc3)c12. The molecule has 0 aliphatic heterocycles. The van der Waals surface area contributed by atoms with Crippen molar-refractivity contribution >= 4 is 33.3 Å². The summed E-state index contributed by atoms with van der Waals surface area (Å²) in [7, 11) is 0. The van der Waals surface area contributed by atoms with Gasteiger partial charge in [0.05, 0.1) is 17.6 Å². The fourth-order valence-electron chi connectivity index (χ4n) is 2.34. The molecule has 0 saturated heterocycles. The Bertz CT molecular complexity index is 849. The van der Waals surface area contributed by atoms with E-state index >= 15 is 0 Å². The normalized spacial score (nSPS) is 10.8. The van der Waals surface area contributed by atoms with Crippen molar-refractivity contribution in [3.05, 3.63) is 52.9 Å². The van der Waals surface area contributed by atoms with Crippen LogP contribution in [0, 0.1) is 5.82 Å². The van der Waals surface area contributed by atoms with E-state index in [4.69, 9.17) is 4.74 Å². The number of halogens is 1. The maximum absolute atomic E-state index is 12.9. The third-order valence-corrected chi connectivity index (χ3v) is 4.37. The molecule has 0 aliphatic rings. The summed E-state index contributed by atoms with van der Waals surface area (Å²) in [4.78, 5) is 21.2. The number of nitrogens with one attached hydrogen (secondary N) is 1. The molecule has 3 rings (SSSR count). The van der Waals surface area contributed by atoms with Crippen LogP contribution >= 0.6 is 11.3 Å². The van der Waals surface area contributed by atoms with Crippen LogP contribution in [0.15, 0.2) is 36.0 Å². The van der Waals surface area contributed by atoms with Gasteiger partial charge in [0.25, 0.3) is 0 Å².